The van der Waals surface area contributed by atoms with E-state index in [1.165, 1.54) is 7.11 Å². The van der Waals surface area contributed by atoms with Crippen LogP contribution in [0.3, 0.4) is 0 Å². The lowest BCUT2D eigenvalue weighted by Gasteiger charge is -2.44. The van der Waals surface area contributed by atoms with Gasteiger partial charge in [-0.15, -0.1) is 0 Å². The Kier molecular flexibility index (Phi) is 8.54. The molecule has 1 heterocycles. The van der Waals surface area contributed by atoms with Gasteiger partial charge in [0.1, 0.15) is 12.2 Å². The number of carbonyl (C=O) groups is 2. The molecule has 1 saturated carbocycles. The fourth-order valence-electron chi connectivity index (χ4n) is 5.92. The van der Waals surface area contributed by atoms with Crippen LogP contribution in [-0.4, -0.2) is 76.6 Å². The Bertz CT molecular complexity index is 987. The molecule has 0 unspecified atom stereocenters. The lowest BCUT2D eigenvalue weighted by Crippen LogP contribution is -2.58. The second-order valence-electron chi connectivity index (χ2n) is 9.82. The molecule has 4 N–H and O–H groups in total. The van der Waals surface area contributed by atoms with Crippen LogP contribution in [0.1, 0.15) is 68.9 Å². The van der Waals surface area contributed by atoms with Gasteiger partial charge in [-0.3, -0.25) is 9.59 Å². The number of fused-ring (bicyclic) bond motifs is 3. The number of methoxy groups -OCH3 is 1. The van der Waals surface area contributed by atoms with E-state index in [4.69, 9.17) is 9.47 Å². The average Bonchev–Trinajstić information content (AvgIpc) is 3.08. The summed E-state index contributed by atoms with van der Waals surface area (Å²) in [7, 11) is 1.50. The van der Waals surface area contributed by atoms with Crippen LogP contribution in [0, 0.1) is 0 Å². The van der Waals surface area contributed by atoms with E-state index in [9.17, 15) is 24.9 Å². The standard InChI is InChI=1S/C27H38N2O7/c1-3-22(32)29(17-8-6-4-5-7-9-17)20-14-19(27(34)28-10-11-30)23-18-12-16(15-31)13-21(35-2)25(18)36-26(23)24(20)33/h12-14,17,20,23-24,26,30-31,33H,3-11,15H2,1-2H3,(H,28,34)/t20-,23+,24+,26+/m1/s1. The number of hydrogen-bond acceptors (Lipinski definition) is 7. The molecule has 9 nitrogen and oxygen atoms in total. The minimum atomic E-state index is -1.07. The van der Waals surface area contributed by atoms with Gasteiger partial charge in [-0.25, -0.2) is 0 Å². The highest BCUT2D eigenvalue weighted by Gasteiger charge is 2.52. The van der Waals surface area contributed by atoms with Crippen molar-refractivity contribution in [3.8, 4) is 11.5 Å². The van der Waals surface area contributed by atoms with Gasteiger partial charge in [-0.2, -0.15) is 0 Å². The molecular formula is C27H38N2O7. The molecule has 198 valence electrons. The highest BCUT2D eigenvalue weighted by atomic mass is 16.5. The number of benzene rings is 1. The van der Waals surface area contributed by atoms with Crippen molar-refractivity contribution in [1.29, 1.82) is 0 Å². The van der Waals surface area contributed by atoms with Crippen LogP contribution in [0.5, 0.6) is 11.5 Å². The van der Waals surface area contributed by atoms with E-state index in [0.717, 1.165) is 38.5 Å². The van der Waals surface area contributed by atoms with E-state index in [2.05, 4.69) is 5.32 Å². The monoisotopic (exact) mass is 502 g/mol. The minimum Gasteiger partial charge on any atom is -0.493 e. The van der Waals surface area contributed by atoms with E-state index >= 15 is 0 Å². The van der Waals surface area contributed by atoms with Crippen molar-refractivity contribution >= 4 is 11.8 Å². The summed E-state index contributed by atoms with van der Waals surface area (Å²) < 4.78 is 11.8. The lowest BCUT2D eigenvalue weighted by atomic mass is 9.76. The van der Waals surface area contributed by atoms with Crippen LogP contribution in [0.2, 0.25) is 0 Å². The van der Waals surface area contributed by atoms with Crippen LogP contribution >= 0.6 is 0 Å². The summed E-state index contributed by atoms with van der Waals surface area (Å²) in [6, 6.07) is 2.69. The Morgan fingerprint density at radius 3 is 2.50 bits per heavy atom. The smallest absolute Gasteiger partial charge is 0.247 e. The van der Waals surface area contributed by atoms with Crippen LogP contribution in [-0.2, 0) is 16.2 Å². The van der Waals surface area contributed by atoms with Crippen LogP contribution in [0.25, 0.3) is 0 Å². The molecule has 1 fully saturated rings. The minimum absolute atomic E-state index is 0.0199. The molecule has 4 atom stereocenters. The number of nitrogens with one attached hydrogen (secondary N) is 1. The first kappa shape index (κ1) is 26.4. The van der Waals surface area contributed by atoms with Crippen molar-refractivity contribution in [2.24, 2.45) is 0 Å². The largest absolute Gasteiger partial charge is 0.493 e. The highest BCUT2D eigenvalue weighted by Crippen LogP contribution is 2.51. The van der Waals surface area contributed by atoms with Gasteiger partial charge in [0.2, 0.25) is 11.8 Å². The lowest BCUT2D eigenvalue weighted by molar-refractivity contribution is -0.140. The van der Waals surface area contributed by atoms with Crippen molar-refractivity contribution in [2.45, 2.75) is 88.7 Å². The van der Waals surface area contributed by atoms with Gasteiger partial charge >= 0.3 is 0 Å². The molecule has 0 radical (unpaired) electrons. The van der Waals surface area contributed by atoms with Crippen molar-refractivity contribution < 1.29 is 34.4 Å². The fourth-order valence-corrected chi connectivity index (χ4v) is 5.92. The first-order chi connectivity index (χ1) is 17.4. The van der Waals surface area contributed by atoms with Crippen LogP contribution < -0.4 is 14.8 Å². The average molecular weight is 503 g/mol. The number of hydrogen-bond donors (Lipinski definition) is 4. The number of amides is 2. The summed E-state index contributed by atoms with van der Waals surface area (Å²) in [6.07, 6.45) is 6.12. The van der Waals surface area contributed by atoms with Gasteiger partial charge < -0.3 is 35.0 Å². The summed E-state index contributed by atoms with van der Waals surface area (Å²) in [4.78, 5) is 28.4. The van der Waals surface area contributed by atoms with Gasteiger partial charge in [-0.05, 0) is 36.6 Å². The molecule has 0 saturated heterocycles. The van der Waals surface area contributed by atoms with Gasteiger partial charge in [0.15, 0.2) is 11.5 Å². The number of carbonyl (C=O) groups excluding carboxylic acids is 2. The first-order valence-corrected chi connectivity index (χ1v) is 13.0. The molecule has 3 aliphatic rings. The molecule has 0 aromatic heterocycles. The zero-order valence-corrected chi connectivity index (χ0v) is 21.1. The third kappa shape index (κ3) is 4.96. The maximum absolute atomic E-state index is 13.4. The van der Waals surface area contributed by atoms with Crippen LogP contribution in [0.15, 0.2) is 23.8 Å². The Labute approximate surface area is 212 Å². The molecule has 1 aromatic rings. The zero-order chi connectivity index (χ0) is 25.8. The summed E-state index contributed by atoms with van der Waals surface area (Å²) in [5.41, 5.74) is 1.62. The highest BCUT2D eigenvalue weighted by molar-refractivity contribution is 5.96. The second-order valence-corrected chi connectivity index (χ2v) is 9.82. The van der Waals surface area contributed by atoms with Crippen molar-refractivity contribution in [3.05, 3.63) is 34.9 Å². The Hall–Kier alpha value is -2.62. The van der Waals surface area contributed by atoms with E-state index in [1.54, 1.807) is 23.1 Å². The first-order valence-electron chi connectivity index (χ1n) is 13.0. The van der Waals surface area contributed by atoms with E-state index < -0.39 is 24.2 Å². The van der Waals surface area contributed by atoms with Gasteiger partial charge in [0, 0.05) is 30.1 Å². The molecule has 1 aromatic carbocycles. The predicted octanol–water partition coefficient (Wildman–Crippen LogP) is 1.77. The summed E-state index contributed by atoms with van der Waals surface area (Å²) in [5, 5.41) is 33.5. The predicted molar refractivity (Wildman–Crippen MR) is 133 cm³/mol. The van der Waals surface area contributed by atoms with Crippen LogP contribution in [0.4, 0.5) is 0 Å². The number of ether oxygens (including phenoxy) is 2. The Balaban J connectivity index is 1.81. The molecular weight excluding hydrogens is 464 g/mol. The van der Waals surface area contributed by atoms with Crippen molar-refractivity contribution in [1.82, 2.24) is 10.2 Å². The molecule has 9 heteroatoms. The molecule has 2 aliphatic carbocycles. The molecule has 0 spiro atoms. The molecule has 0 bridgehead atoms. The molecule has 2 amide bonds. The molecule has 36 heavy (non-hydrogen) atoms. The molecule has 1 aliphatic heterocycles. The maximum atomic E-state index is 13.4. The fraction of sp³-hybridized carbons (Fsp3) is 0.630. The SMILES string of the molecule is CCC(=O)N(C1CCCCCC1)[C@@H]1C=C(C(=O)NCCO)[C@@H]2c3cc(CO)cc(OC)c3O[C@@H]2[C@H]1O. The number of rotatable bonds is 8. The van der Waals surface area contributed by atoms with Crippen molar-refractivity contribution in [3.63, 3.8) is 0 Å². The second kappa shape index (κ2) is 11.6. The third-order valence-corrected chi connectivity index (χ3v) is 7.62. The third-order valence-electron chi connectivity index (χ3n) is 7.62. The Morgan fingerprint density at radius 2 is 1.89 bits per heavy atom. The van der Waals surface area contributed by atoms with Crippen molar-refractivity contribution in [2.75, 3.05) is 20.3 Å². The zero-order valence-electron chi connectivity index (χ0n) is 21.1. The Morgan fingerprint density at radius 1 is 1.17 bits per heavy atom. The molecule has 4 rings (SSSR count). The maximum Gasteiger partial charge on any atom is 0.247 e. The normalized spacial score (nSPS) is 25.6. The number of aliphatic hydroxyl groups excluding tert-OH is 3. The van der Waals surface area contributed by atoms with E-state index in [-0.39, 0.29) is 37.6 Å². The van der Waals surface area contributed by atoms with Gasteiger partial charge in [0.05, 0.1) is 32.3 Å². The van der Waals surface area contributed by atoms with Gasteiger partial charge in [-0.1, -0.05) is 32.6 Å². The van der Waals surface area contributed by atoms with E-state index in [1.807, 2.05) is 6.92 Å². The van der Waals surface area contributed by atoms with E-state index in [0.29, 0.717) is 34.6 Å². The summed E-state index contributed by atoms with van der Waals surface area (Å²) in [6.45, 7) is 1.46. The quantitative estimate of drug-likeness (QED) is 0.399. The summed E-state index contributed by atoms with van der Waals surface area (Å²) >= 11 is 0. The number of aliphatic hydroxyl groups is 3. The summed E-state index contributed by atoms with van der Waals surface area (Å²) in [5.74, 6) is -0.224. The number of nitrogens with zero attached hydrogens (tertiary/aromatic N) is 1. The van der Waals surface area contributed by atoms with Gasteiger partial charge in [0.25, 0.3) is 0 Å². The topological polar surface area (TPSA) is 129 Å².